The highest BCUT2D eigenvalue weighted by Gasteiger charge is 2.47. The molecule has 0 amide bonds. The van der Waals surface area contributed by atoms with Gasteiger partial charge >= 0.3 is 0 Å². The molecule has 2 heterocycles. The first-order valence-corrected chi connectivity index (χ1v) is 9.42. The molecule has 1 saturated heterocycles. The quantitative estimate of drug-likeness (QED) is 0.614. The molecule has 1 aliphatic heterocycles. The van der Waals surface area contributed by atoms with Crippen LogP contribution in [0.2, 0.25) is 0 Å². The maximum absolute atomic E-state index is 4.21. The fourth-order valence-corrected chi connectivity index (χ4v) is 4.47. The Balaban J connectivity index is 1.73. The Kier molecular flexibility index (Phi) is 4.60. The van der Waals surface area contributed by atoms with Crippen LogP contribution in [0.4, 0.5) is 0 Å². The van der Waals surface area contributed by atoms with Gasteiger partial charge in [-0.25, -0.2) is 0 Å². The molecule has 3 aromatic rings. The van der Waals surface area contributed by atoms with Crippen molar-refractivity contribution >= 4 is 0 Å². The molecule has 1 aromatic heterocycles. The molecule has 0 saturated carbocycles. The van der Waals surface area contributed by atoms with Gasteiger partial charge in [-0.3, -0.25) is 9.88 Å². The minimum absolute atomic E-state index is 0.0672. The summed E-state index contributed by atoms with van der Waals surface area (Å²) in [6.45, 7) is 5.75. The summed E-state index contributed by atoms with van der Waals surface area (Å²) in [6, 6.07) is 26.6. The van der Waals surface area contributed by atoms with E-state index in [2.05, 4.69) is 96.5 Å². The zero-order valence-electron chi connectivity index (χ0n) is 15.5. The number of aromatic nitrogens is 1. The number of pyridine rings is 1. The van der Waals surface area contributed by atoms with E-state index in [0.29, 0.717) is 12.0 Å². The SMILES string of the molecule is CC1(C)[C@@H](c2ccncc2)C[C@@H](c2ccccc2)N1Cc1ccccc1. The fraction of sp³-hybridized carbons (Fsp3) is 0.292. The fourth-order valence-electron chi connectivity index (χ4n) is 4.47. The molecule has 1 fully saturated rings. The van der Waals surface area contributed by atoms with Crippen molar-refractivity contribution in [1.82, 2.24) is 9.88 Å². The van der Waals surface area contributed by atoms with Crippen molar-refractivity contribution in [2.75, 3.05) is 0 Å². The van der Waals surface area contributed by atoms with Gasteiger partial charge in [0.15, 0.2) is 0 Å². The monoisotopic (exact) mass is 342 g/mol. The standard InChI is InChI=1S/C24H26N2/c1-24(2)22(20-13-15-25-16-14-20)17-23(21-11-7-4-8-12-21)26(24)18-19-9-5-3-6-10-19/h3-16,22-23H,17-18H2,1-2H3/t22-,23+/m1/s1. The average Bonchev–Trinajstić information content (AvgIpc) is 2.95. The zero-order valence-corrected chi connectivity index (χ0v) is 15.5. The minimum atomic E-state index is 0.0672. The van der Waals surface area contributed by atoms with E-state index in [-0.39, 0.29) is 5.54 Å². The summed E-state index contributed by atoms with van der Waals surface area (Å²) in [6.07, 6.45) is 4.97. The zero-order chi connectivity index (χ0) is 18.0. The molecule has 0 spiro atoms. The highest BCUT2D eigenvalue weighted by Crippen LogP contribution is 2.51. The molecule has 4 rings (SSSR count). The number of likely N-dealkylation sites (tertiary alicyclic amines) is 1. The third-order valence-electron chi connectivity index (χ3n) is 5.92. The van der Waals surface area contributed by atoms with Gasteiger partial charge in [-0.1, -0.05) is 60.7 Å². The van der Waals surface area contributed by atoms with E-state index in [1.807, 2.05) is 12.4 Å². The summed E-state index contributed by atoms with van der Waals surface area (Å²) < 4.78 is 0. The Bertz CT molecular complexity index is 828. The molecule has 0 radical (unpaired) electrons. The largest absolute Gasteiger partial charge is 0.286 e. The summed E-state index contributed by atoms with van der Waals surface area (Å²) in [5.41, 5.74) is 4.24. The van der Waals surface area contributed by atoms with E-state index in [1.165, 1.54) is 16.7 Å². The van der Waals surface area contributed by atoms with E-state index in [0.717, 1.165) is 13.0 Å². The number of nitrogens with zero attached hydrogens (tertiary/aromatic N) is 2. The van der Waals surface area contributed by atoms with Gasteiger partial charge in [-0.2, -0.15) is 0 Å². The molecule has 2 heteroatoms. The van der Waals surface area contributed by atoms with Crippen molar-refractivity contribution in [3.05, 3.63) is 102 Å². The normalized spacial score (nSPS) is 22.4. The van der Waals surface area contributed by atoms with Crippen LogP contribution in [0.1, 0.15) is 48.9 Å². The van der Waals surface area contributed by atoms with Gasteiger partial charge in [0.1, 0.15) is 0 Å². The van der Waals surface area contributed by atoms with E-state index in [4.69, 9.17) is 0 Å². The molecule has 2 atom stereocenters. The number of hydrogen-bond donors (Lipinski definition) is 0. The number of hydrogen-bond acceptors (Lipinski definition) is 2. The molecule has 0 N–H and O–H groups in total. The Morgan fingerprint density at radius 1 is 0.846 bits per heavy atom. The minimum Gasteiger partial charge on any atom is -0.286 e. The maximum Gasteiger partial charge on any atom is 0.0363 e. The van der Waals surface area contributed by atoms with Gasteiger partial charge in [-0.15, -0.1) is 0 Å². The van der Waals surface area contributed by atoms with Gasteiger partial charge < -0.3 is 0 Å². The summed E-state index contributed by atoms with van der Waals surface area (Å²) in [7, 11) is 0. The molecule has 0 unspecified atom stereocenters. The first-order valence-electron chi connectivity index (χ1n) is 9.42. The predicted molar refractivity (Wildman–Crippen MR) is 107 cm³/mol. The van der Waals surface area contributed by atoms with Crippen LogP contribution in [0.5, 0.6) is 0 Å². The molecule has 0 aliphatic carbocycles. The highest BCUT2D eigenvalue weighted by atomic mass is 15.2. The summed E-state index contributed by atoms with van der Waals surface area (Å²) >= 11 is 0. The van der Waals surface area contributed by atoms with E-state index in [9.17, 15) is 0 Å². The Hall–Kier alpha value is -2.45. The van der Waals surface area contributed by atoms with E-state index < -0.39 is 0 Å². The lowest BCUT2D eigenvalue weighted by molar-refractivity contribution is 0.112. The third-order valence-corrected chi connectivity index (χ3v) is 5.92. The van der Waals surface area contributed by atoms with Crippen LogP contribution in [0.15, 0.2) is 85.2 Å². The van der Waals surface area contributed by atoms with Crippen LogP contribution in [0.3, 0.4) is 0 Å². The van der Waals surface area contributed by atoms with Gasteiger partial charge in [0.05, 0.1) is 0 Å². The topological polar surface area (TPSA) is 16.1 Å². The average molecular weight is 342 g/mol. The van der Waals surface area contributed by atoms with Crippen LogP contribution < -0.4 is 0 Å². The molecule has 26 heavy (non-hydrogen) atoms. The van der Waals surface area contributed by atoms with Crippen LogP contribution >= 0.6 is 0 Å². The molecule has 132 valence electrons. The van der Waals surface area contributed by atoms with Gasteiger partial charge in [0, 0.05) is 36.4 Å². The van der Waals surface area contributed by atoms with Crippen LogP contribution in [-0.4, -0.2) is 15.4 Å². The summed E-state index contributed by atoms with van der Waals surface area (Å²) in [4.78, 5) is 6.90. The Morgan fingerprint density at radius 3 is 2.12 bits per heavy atom. The van der Waals surface area contributed by atoms with Gasteiger partial charge in [0.25, 0.3) is 0 Å². The maximum atomic E-state index is 4.21. The smallest absolute Gasteiger partial charge is 0.0363 e. The summed E-state index contributed by atoms with van der Waals surface area (Å²) in [5.74, 6) is 0.486. The Morgan fingerprint density at radius 2 is 1.46 bits per heavy atom. The van der Waals surface area contributed by atoms with Crippen molar-refractivity contribution in [3.8, 4) is 0 Å². The van der Waals surface area contributed by atoms with Crippen molar-refractivity contribution in [3.63, 3.8) is 0 Å². The van der Waals surface area contributed by atoms with Crippen molar-refractivity contribution in [1.29, 1.82) is 0 Å². The second-order valence-electron chi connectivity index (χ2n) is 7.76. The highest BCUT2D eigenvalue weighted by molar-refractivity contribution is 5.30. The lowest BCUT2D eigenvalue weighted by Crippen LogP contribution is -2.42. The first kappa shape index (κ1) is 17.0. The lowest BCUT2D eigenvalue weighted by Gasteiger charge is -2.39. The molecule has 1 aliphatic rings. The molecule has 0 bridgehead atoms. The number of benzene rings is 2. The van der Waals surface area contributed by atoms with E-state index >= 15 is 0 Å². The van der Waals surface area contributed by atoms with E-state index in [1.54, 1.807) is 0 Å². The van der Waals surface area contributed by atoms with Crippen molar-refractivity contribution in [2.45, 2.75) is 44.3 Å². The van der Waals surface area contributed by atoms with Crippen molar-refractivity contribution < 1.29 is 0 Å². The van der Waals surface area contributed by atoms with Crippen LogP contribution in [0, 0.1) is 0 Å². The Labute approximate surface area is 156 Å². The van der Waals surface area contributed by atoms with Gasteiger partial charge in [0.2, 0.25) is 0 Å². The molecule has 2 nitrogen and oxygen atoms in total. The molecule has 2 aromatic carbocycles. The second kappa shape index (κ2) is 7.05. The van der Waals surface area contributed by atoms with Crippen molar-refractivity contribution in [2.24, 2.45) is 0 Å². The number of rotatable bonds is 4. The van der Waals surface area contributed by atoms with Gasteiger partial charge in [-0.05, 0) is 49.1 Å². The van der Waals surface area contributed by atoms with Crippen LogP contribution in [0.25, 0.3) is 0 Å². The molecular formula is C24H26N2. The lowest BCUT2D eigenvalue weighted by atomic mass is 9.82. The molecular weight excluding hydrogens is 316 g/mol. The second-order valence-corrected chi connectivity index (χ2v) is 7.76. The first-order chi connectivity index (χ1) is 12.7. The predicted octanol–water partition coefficient (Wildman–Crippen LogP) is 5.59. The van der Waals surface area contributed by atoms with Crippen LogP contribution in [-0.2, 0) is 6.54 Å². The summed E-state index contributed by atoms with van der Waals surface area (Å²) in [5, 5.41) is 0. The third kappa shape index (κ3) is 3.17.